The van der Waals surface area contributed by atoms with E-state index in [9.17, 15) is 0 Å². The van der Waals surface area contributed by atoms with Gasteiger partial charge in [-0.15, -0.1) is 0 Å². The van der Waals surface area contributed by atoms with Crippen LogP contribution in [0.15, 0.2) is 66.7 Å². The monoisotopic (exact) mass is 392 g/mol. The normalized spacial score (nSPS) is 12.0. The van der Waals surface area contributed by atoms with Crippen LogP contribution >= 0.6 is 0 Å². The molecule has 1 aliphatic carbocycles. The van der Waals surface area contributed by atoms with Gasteiger partial charge in [-0.05, 0) is 54.8 Å². The fourth-order valence-corrected chi connectivity index (χ4v) is 5.00. The first-order chi connectivity index (χ1) is 14.5. The molecule has 0 fully saturated rings. The molecular weight excluding hydrogens is 364 g/mol. The van der Waals surface area contributed by atoms with Crippen LogP contribution in [0.4, 0.5) is 0 Å². The molecule has 2 nitrogen and oxygen atoms in total. The molecule has 0 amide bonds. The summed E-state index contributed by atoms with van der Waals surface area (Å²) in [5, 5.41) is 0. The van der Waals surface area contributed by atoms with Crippen molar-refractivity contribution >= 4 is 0 Å². The lowest BCUT2D eigenvalue weighted by molar-refractivity contribution is -0.666. The molecule has 148 valence electrons. The van der Waals surface area contributed by atoms with Crippen LogP contribution in [0.1, 0.15) is 27.9 Å². The molecule has 2 heteroatoms. The third kappa shape index (κ3) is 2.79. The lowest BCUT2D eigenvalue weighted by atomic mass is 9.95. The van der Waals surface area contributed by atoms with E-state index in [4.69, 9.17) is 0 Å². The van der Waals surface area contributed by atoms with Crippen molar-refractivity contribution in [2.24, 2.45) is 14.1 Å². The van der Waals surface area contributed by atoms with Crippen molar-refractivity contribution in [1.29, 1.82) is 0 Å². The Morgan fingerprint density at radius 3 is 2.13 bits per heavy atom. The molecule has 0 aliphatic heterocycles. The van der Waals surface area contributed by atoms with E-state index < -0.39 is 0 Å². The average Bonchev–Trinajstić information content (AvgIpc) is 3.11. The predicted molar refractivity (Wildman–Crippen MR) is 122 cm³/mol. The first-order valence-corrected chi connectivity index (χ1v) is 10.6. The molecule has 0 spiro atoms. The zero-order valence-corrected chi connectivity index (χ0v) is 18.5. The quantitative estimate of drug-likeness (QED) is 0.366. The van der Waals surface area contributed by atoms with Crippen LogP contribution in [-0.4, -0.2) is 0 Å². The van der Waals surface area contributed by atoms with Crippen LogP contribution in [0.5, 0.6) is 0 Å². The van der Waals surface area contributed by atoms with Crippen LogP contribution in [0.2, 0.25) is 0 Å². The summed E-state index contributed by atoms with van der Waals surface area (Å²) in [6, 6.07) is 24.6. The van der Waals surface area contributed by atoms with Gasteiger partial charge in [-0.25, -0.2) is 0 Å². The molecule has 0 unspecified atom stereocenters. The van der Waals surface area contributed by atoms with Crippen molar-refractivity contribution < 1.29 is 9.13 Å². The van der Waals surface area contributed by atoms with Gasteiger partial charge in [-0.2, -0.15) is 9.13 Å². The summed E-state index contributed by atoms with van der Waals surface area (Å²) >= 11 is 0. The molecule has 2 heterocycles. The minimum atomic E-state index is 1.02. The van der Waals surface area contributed by atoms with Gasteiger partial charge in [0, 0.05) is 53.8 Å². The molecule has 2 aromatic heterocycles. The third-order valence-corrected chi connectivity index (χ3v) is 6.67. The Morgan fingerprint density at radius 2 is 1.33 bits per heavy atom. The molecule has 0 N–H and O–H groups in total. The zero-order chi connectivity index (χ0) is 21.0. The Morgan fingerprint density at radius 1 is 0.633 bits per heavy atom. The summed E-state index contributed by atoms with van der Waals surface area (Å²) < 4.78 is 4.67. The number of rotatable bonds is 2. The van der Waals surface area contributed by atoms with Gasteiger partial charge in [0.15, 0.2) is 5.69 Å². The van der Waals surface area contributed by atoms with Crippen LogP contribution in [0, 0.1) is 20.8 Å². The standard InChI is InChI=1S/C28H28N2/c1-18-15-19(2)29(4)27(16-18)24-12-8-11-23(20(24)3)26-14-13-22-17-21-9-6-7-10-25(21)28(22)30(26)5/h6-16H,17H2,1-5H3/q+2. The largest absolute Gasteiger partial charge is 0.216 e. The minimum absolute atomic E-state index is 1.02. The van der Waals surface area contributed by atoms with Crippen molar-refractivity contribution in [2.75, 3.05) is 0 Å². The molecule has 30 heavy (non-hydrogen) atoms. The number of pyridine rings is 2. The van der Waals surface area contributed by atoms with Crippen LogP contribution < -0.4 is 9.13 Å². The molecule has 1 aliphatic rings. The Hall–Kier alpha value is -3.26. The third-order valence-electron chi connectivity index (χ3n) is 6.67. The Labute approximate surface area is 179 Å². The summed E-state index contributed by atoms with van der Waals surface area (Å²) in [7, 11) is 4.36. The maximum Gasteiger partial charge on any atom is 0.216 e. The maximum absolute atomic E-state index is 2.38. The van der Waals surface area contributed by atoms with Gasteiger partial charge < -0.3 is 0 Å². The number of hydrogen-bond acceptors (Lipinski definition) is 0. The van der Waals surface area contributed by atoms with Crippen molar-refractivity contribution in [3.8, 4) is 33.8 Å². The molecule has 0 atom stereocenters. The summed E-state index contributed by atoms with van der Waals surface area (Å²) in [5.41, 5.74) is 14.6. The van der Waals surface area contributed by atoms with E-state index in [1.54, 1.807) is 0 Å². The summed E-state index contributed by atoms with van der Waals surface area (Å²) in [6.07, 6.45) is 1.02. The molecule has 0 radical (unpaired) electrons. The van der Waals surface area contributed by atoms with E-state index in [1.165, 1.54) is 61.7 Å². The van der Waals surface area contributed by atoms with Gasteiger partial charge in [-0.3, -0.25) is 0 Å². The van der Waals surface area contributed by atoms with E-state index in [1.807, 2.05) is 0 Å². The number of hydrogen-bond donors (Lipinski definition) is 0. The minimum Gasteiger partial charge on any atom is -0.199 e. The number of aromatic nitrogens is 2. The maximum atomic E-state index is 2.38. The molecule has 0 saturated carbocycles. The van der Waals surface area contributed by atoms with Crippen LogP contribution in [0.3, 0.4) is 0 Å². The molecule has 0 saturated heterocycles. The highest BCUT2D eigenvalue weighted by molar-refractivity contribution is 5.76. The van der Waals surface area contributed by atoms with Gasteiger partial charge in [0.1, 0.15) is 14.1 Å². The summed E-state index contributed by atoms with van der Waals surface area (Å²) in [5.74, 6) is 0. The van der Waals surface area contributed by atoms with Crippen LogP contribution in [0.25, 0.3) is 33.8 Å². The van der Waals surface area contributed by atoms with Gasteiger partial charge in [0.25, 0.3) is 0 Å². The van der Waals surface area contributed by atoms with E-state index in [0.717, 1.165) is 6.42 Å². The second kappa shape index (κ2) is 6.91. The molecule has 4 aromatic rings. The lowest BCUT2D eigenvalue weighted by Gasteiger charge is -2.12. The smallest absolute Gasteiger partial charge is 0.199 e. The fraction of sp³-hybridized carbons (Fsp3) is 0.214. The van der Waals surface area contributed by atoms with E-state index in [0.29, 0.717) is 0 Å². The highest BCUT2D eigenvalue weighted by atomic mass is 15.0. The Balaban J connectivity index is 1.71. The fourth-order valence-electron chi connectivity index (χ4n) is 5.00. The highest BCUT2D eigenvalue weighted by Gasteiger charge is 2.29. The molecule has 5 rings (SSSR count). The lowest BCUT2D eigenvalue weighted by Crippen LogP contribution is -2.35. The Kier molecular flexibility index (Phi) is 4.32. The van der Waals surface area contributed by atoms with E-state index >= 15 is 0 Å². The first-order valence-electron chi connectivity index (χ1n) is 10.6. The molecule has 0 bridgehead atoms. The average molecular weight is 393 g/mol. The van der Waals surface area contributed by atoms with E-state index in [-0.39, 0.29) is 0 Å². The van der Waals surface area contributed by atoms with Gasteiger partial charge in [-0.1, -0.05) is 24.3 Å². The zero-order valence-electron chi connectivity index (χ0n) is 18.5. The van der Waals surface area contributed by atoms with Crippen molar-refractivity contribution in [3.63, 3.8) is 0 Å². The second-order valence-corrected chi connectivity index (χ2v) is 8.58. The number of aryl methyl sites for hydroxylation is 2. The van der Waals surface area contributed by atoms with Crippen molar-refractivity contribution in [1.82, 2.24) is 0 Å². The topological polar surface area (TPSA) is 7.76 Å². The van der Waals surface area contributed by atoms with Gasteiger partial charge in [0.2, 0.25) is 17.1 Å². The SMILES string of the molecule is Cc1cc(C)[n+](C)c(-c2cccc(-c3ccc4c([n+]3C)-c3ccccc3C4)c2C)c1. The first kappa shape index (κ1) is 18.7. The molecular formula is C28H28N2+2. The number of benzene rings is 2. The highest BCUT2D eigenvalue weighted by Crippen LogP contribution is 2.36. The van der Waals surface area contributed by atoms with Gasteiger partial charge >= 0.3 is 0 Å². The van der Waals surface area contributed by atoms with Gasteiger partial charge in [0.05, 0.1) is 0 Å². The predicted octanol–water partition coefficient (Wildman–Crippen LogP) is 5.17. The van der Waals surface area contributed by atoms with Crippen LogP contribution in [-0.2, 0) is 20.5 Å². The summed E-state index contributed by atoms with van der Waals surface area (Å²) in [6.45, 7) is 6.60. The number of fused-ring (bicyclic) bond motifs is 3. The van der Waals surface area contributed by atoms with Crippen molar-refractivity contribution in [3.05, 3.63) is 94.7 Å². The second-order valence-electron chi connectivity index (χ2n) is 8.58. The van der Waals surface area contributed by atoms with Crippen molar-refractivity contribution in [2.45, 2.75) is 27.2 Å². The Bertz CT molecular complexity index is 1310. The molecule has 2 aromatic carbocycles. The number of nitrogens with zero attached hydrogens (tertiary/aromatic N) is 2. The summed E-state index contributed by atoms with van der Waals surface area (Å²) in [4.78, 5) is 0. The van der Waals surface area contributed by atoms with E-state index in [2.05, 4.69) is 111 Å².